The van der Waals surface area contributed by atoms with Crippen LogP contribution in [0.2, 0.25) is 0 Å². The van der Waals surface area contributed by atoms with Gasteiger partial charge in [0.25, 0.3) is 0 Å². The molecule has 0 aliphatic rings. The summed E-state index contributed by atoms with van der Waals surface area (Å²) in [4.78, 5) is 4.02. The fraction of sp³-hybridized carbons (Fsp3) is 0.214. The van der Waals surface area contributed by atoms with E-state index in [4.69, 9.17) is 10.5 Å². The van der Waals surface area contributed by atoms with Gasteiger partial charge in [-0.15, -0.1) is 0 Å². The molecular weight excluding hydrogens is 269 g/mol. The molecule has 0 fully saturated rings. The lowest BCUT2D eigenvalue weighted by atomic mass is 10.1. The lowest BCUT2D eigenvalue weighted by Gasteiger charge is -2.11. The highest BCUT2D eigenvalue weighted by Crippen LogP contribution is 2.30. The van der Waals surface area contributed by atoms with Crippen LogP contribution < -0.4 is 10.5 Å². The fourth-order valence-corrected chi connectivity index (χ4v) is 1.68. The number of pyridine rings is 1. The van der Waals surface area contributed by atoms with E-state index in [1.807, 2.05) is 0 Å². The number of alkyl halides is 3. The third-order valence-corrected chi connectivity index (χ3v) is 2.67. The van der Waals surface area contributed by atoms with Crippen LogP contribution in [0.3, 0.4) is 0 Å². The van der Waals surface area contributed by atoms with Gasteiger partial charge in [0.15, 0.2) is 11.6 Å². The Morgan fingerprint density at radius 3 is 2.60 bits per heavy atom. The lowest BCUT2D eigenvalue weighted by Crippen LogP contribution is -2.06. The topological polar surface area (TPSA) is 48.1 Å². The second-order valence-electron chi connectivity index (χ2n) is 4.32. The Morgan fingerprint density at radius 2 is 1.95 bits per heavy atom. The first kappa shape index (κ1) is 14.2. The maximum absolute atomic E-state index is 12.6. The van der Waals surface area contributed by atoms with E-state index in [-0.39, 0.29) is 12.4 Å². The van der Waals surface area contributed by atoms with Crippen LogP contribution in [0.15, 0.2) is 36.4 Å². The summed E-state index contributed by atoms with van der Waals surface area (Å²) in [6, 6.07) is 8.34. The number of anilines is 1. The molecule has 2 aromatic rings. The number of nitrogen functional groups attached to an aromatic ring is 1. The normalized spacial score (nSPS) is 11.4. The van der Waals surface area contributed by atoms with Gasteiger partial charge in [-0.2, -0.15) is 13.2 Å². The molecule has 0 saturated heterocycles. The zero-order chi connectivity index (χ0) is 14.8. The molecule has 2 rings (SSSR count). The molecule has 1 heterocycles. The van der Waals surface area contributed by atoms with Crippen molar-refractivity contribution >= 4 is 5.82 Å². The molecule has 1 aromatic carbocycles. The minimum absolute atomic E-state index is 0.00113. The van der Waals surface area contributed by atoms with Gasteiger partial charge in [0.1, 0.15) is 6.61 Å². The maximum Gasteiger partial charge on any atom is 0.416 e. The van der Waals surface area contributed by atoms with E-state index in [9.17, 15) is 13.2 Å². The molecule has 0 atom stereocenters. The summed E-state index contributed by atoms with van der Waals surface area (Å²) < 4.78 is 43.1. The fourth-order valence-electron chi connectivity index (χ4n) is 1.68. The summed E-state index contributed by atoms with van der Waals surface area (Å²) in [6.07, 6.45) is -4.36. The molecule has 3 nitrogen and oxygen atoms in total. The first-order chi connectivity index (χ1) is 9.36. The second kappa shape index (κ2) is 5.40. The van der Waals surface area contributed by atoms with Gasteiger partial charge in [-0.3, -0.25) is 0 Å². The van der Waals surface area contributed by atoms with Crippen molar-refractivity contribution in [2.45, 2.75) is 19.7 Å². The Labute approximate surface area is 114 Å². The number of nitrogens with zero attached hydrogens (tertiary/aromatic N) is 1. The summed E-state index contributed by atoms with van der Waals surface area (Å²) in [6.45, 7) is 1.78. The molecule has 0 radical (unpaired) electrons. The predicted octanol–water partition coefficient (Wildman–Crippen LogP) is 3.57. The van der Waals surface area contributed by atoms with Crippen LogP contribution in [0, 0.1) is 6.92 Å². The molecule has 0 spiro atoms. The molecule has 106 valence electrons. The van der Waals surface area contributed by atoms with E-state index in [2.05, 4.69) is 4.98 Å². The van der Waals surface area contributed by atoms with E-state index >= 15 is 0 Å². The minimum Gasteiger partial charge on any atom is -0.485 e. The lowest BCUT2D eigenvalue weighted by molar-refractivity contribution is -0.137. The molecule has 2 N–H and O–H groups in total. The average molecular weight is 282 g/mol. The minimum atomic E-state index is -4.36. The highest BCUT2D eigenvalue weighted by molar-refractivity contribution is 5.46. The van der Waals surface area contributed by atoms with Crippen LogP contribution in [0.25, 0.3) is 0 Å². The number of nitrogens with two attached hydrogens (primary N) is 1. The molecule has 0 saturated carbocycles. The number of hydrogen-bond donors (Lipinski definition) is 1. The van der Waals surface area contributed by atoms with E-state index in [0.29, 0.717) is 11.3 Å². The van der Waals surface area contributed by atoms with Crippen molar-refractivity contribution in [2.24, 2.45) is 0 Å². The van der Waals surface area contributed by atoms with E-state index in [1.165, 1.54) is 6.07 Å². The molecule has 0 aliphatic heterocycles. The van der Waals surface area contributed by atoms with Crippen LogP contribution in [0.5, 0.6) is 5.75 Å². The average Bonchev–Trinajstić information content (AvgIpc) is 2.37. The van der Waals surface area contributed by atoms with Crippen LogP contribution in [-0.2, 0) is 12.8 Å². The monoisotopic (exact) mass is 282 g/mol. The summed E-state index contributed by atoms with van der Waals surface area (Å²) in [5, 5.41) is 0. The number of halogens is 3. The zero-order valence-electron chi connectivity index (χ0n) is 10.7. The van der Waals surface area contributed by atoms with Crippen molar-refractivity contribution < 1.29 is 17.9 Å². The van der Waals surface area contributed by atoms with Gasteiger partial charge in [0.05, 0.1) is 5.56 Å². The summed E-state index contributed by atoms with van der Waals surface area (Å²) in [5.41, 5.74) is 6.13. The van der Waals surface area contributed by atoms with Gasteiger partial charge in [-0.25, -0.2) is 4.98 Å². The molecule has 6 heteroatoms. The molecule has 0 unspecified atom stereocenters. The number of benzene rings is 1. The van der Waals surface area contributed by atoms with Crippen LogP contribution in [-0.4, -0.2) is 4.98 Å². The van der Waals surface area contributed by atoms with Crippen molar-refractivity contribution in [1.29, 1.82) is 0 Å². The number of rotatable bonds is 3. The Morgan fingerprint density at radius 1 is 1.20 bits per heavy atom. The van der Waals surface area contributed by atoms with Crippen molar-refractivity contribution in [3.05, 3.63) is 53.2 Å². The van der Waals surface area contributed by atoms with Crippen LogP contribution >= 0.6 is 0 Å². The van der Waals surface area contributed by atoms with Gasteiger partial charge in [-0.05, 0) is 36.8 Å². The Hall–Kier alpha value is -2.24. The number of aromatic nitrogens is 1. The highest BCUT2D eigenvalue weighted by atomic mass is 19.4. The van der Waals surface area contributed by atoms with E-state index in [0.717, 1.165) is 17.8 Å². The van der Waals surface area contributed by atoms with Crippen LogP contribution in [0.4, 0.5) is 19.0 Å². The molecule has 0 aliphatic carbocycles. The summed E-state index contributed by atoms with van der Waals surface area (Å²) in [5.74, 6) is 0.574. The third kappa shape index (κ3) is 3.40. The summed E-state index contributed by atoms with van der Waals surface area (Å²) in [7, 11) is 0. The first-order valence-corrected chi connectivity index (χ1v) is 5.88. The van der Waals surface area contributed by atoms with Crippen molar-refractivity contribution in [3.63, 3.8) is 0 Å². The Kier molecular flexibility index (Phi) is 3.83. The van der Waals surface area contributed by atoms with Gasteiger partial charge >= 0.3 is 6.18 Å². The van der Waals surface area contributed by atoms with E-state index in [1.54, 1.807) is 25.1 Å². The molecule has 1 aromatic heterocycles. The molecular formula is C14H13F3N2O. The molecule has 0 bridgehead atoms. The van der Waals surface area contributed by atoms with Gasteiger partial charge in [-0.1, -0.05) is 12.1 Å². The van der Waals surface area contributed by atoms with Gasteiger partial charge in [0.2, 0.25) is 0 Å². The largest absolute Gasteiger partial charge is 0.485 e. The first-order valence-electron chi connectivity index (χ1n) is 5.88. The number of ether oxygens (including phenoxy) is 1. The standard InChI is InChI=1S/C14H13F3N2O/c1-9-5-6-12(13(18)19-9)20-8-10-3-2-4-11(7-10)14(15,16)17/h2-7H,8H2,1H3,(H2,18,19). The number of aryl methyl sites for hydroxylation is 1. The molecule has 0 amide bonds. The smallest absolute Gasteiger partial charge is 0.416 e. The third-order valence-electron chi connectivity index (χ3n) is 2.67. The van der Waals surface area contributed by atoms with E-state index < -0.39 is 11.7 Å². The van der Waals surface area contributed by atoms with Crippen LogP contribution in [0.1, 0.15) is 16.8 Å². The SMILES string of the molecule is Cc1ccc(OCc2cccc(C(F)(F)F)c2)c(N)n1. The molecule has 20 heavy (non-hydrogen) atoms. The quantitative estimate of drug-likeness (QED) is 0.936. The van der Waals surface area contributed by atoms with Crippen molar-refractivity contribution in [3.8, 4) is 5.75 Å². The highest BCUT2D eigenvalue weighted by Gasteiger charge is 2.30. The second-order valence-corrected chi connectivity index (χ2v) is 4.32. The van der Waals surface area contributed by atoms with Crippen molar-refractivity contribution in [1.82, 2.24) is 4.98 Å². The van der Waals surface area contributed by atoms with Crippen molar-refractivity contribution in [2.75, 3.05) is 5.73 Å². The predicted molar refractivity (Wildman–Crippen MR) is 69.2 cm³/mol. The van der Waals surface area contributed by atoms with Gasteiger partial charge in [0, 0.05) is 5.69 Å². The number of hydrogen-bond acceptors (Lipinski definition) is 3. The Bertz CT molecular complexity index is 612. The maximum atomic E-state index is 12.6. The summed E-state index contributed by atoms with van der Waals surface area (Å²) >= 11 is 0. The zero-order valence-corrected chi connectivity index (χ0v) is 10.7. The van der Waals surface area contributed by atoms with Gasteiger partial charge < -0.3 is 10.5 Å². The Balaban J connectivity index is 2.11.